The Morgan fingerprint density at radius 2 is 2.16 bits per heavy atom. The molecule has 4 atom stereocenters. The standard InChI is InChI=1S/C14H16BrN5O5/c1-6(21)14(23)10(15)8(3-24-7(2)22)25-13(14)20-5-19-9-11(16)17-4-18-12(9)20/h4-5,8,10,13,23H,3H2,1-2H3,(H2,16,17,18)/t8-,10+,13-,14-/m1/s1. The van der Waals surface area contributed by atoms with Crippen molar-refractivity contribution in [1.29, 1.82) is 0 Å². The number of rotatable bonds is 4. The molecule has 0 spiro atoms. The van der Waals surface area contributed by atoms with Crippen molar-refractivity contribution in [3.8, 4) is 0 Å². The molecule has 1 aliphatic rings. The predicted molar refractivity (Wildman–Crippen MR) is 88.6 cm³/mol. The number of hydrogen-bond donors (Lipinski definition) is 2. The van der Waals surface area contributed by atoms with Gasteiger partial charge in [0.05, 0.1) is 11.2 Å². The summed E-state index contributed by atoms with van der Waals surface area (Å²) in [5.74, 6) is -0.847. The summed E-state index contributed by atoms with van der Waals surface area (Å²) >= 11 is 3.30. The lowest BCUT2D eigenvalue weighted by Gasteiger charge is -2.28. The Hall–Kier alpha value is -2.11. The number of alkyl halides is 1. The minimum Gasteiger partial charge on any atom is -0.463 e. The largest absolute Gasteiger partial charge is 0.463 e. The molecule has 134 valence electrons. The number of halogens is 1. The van der Waals surface area contributed by atoms with Gasteiger partial charge in [-0.05, 0) is 6.92 Å². The van der Waals surface area contributed by atoms with Crippen LogP contribution in [0.3, 0.4) is 0 Å². The molecule has 3 N–H and O–H groups in total. The number of ether oxygens (including phenoxy) is 2. The van der Waals surface area contributed by atoms with Crippen molar-refractivity contribution in [3.63, 3.8) is 0 Å². The number of nitrogens with two attached hydrogens (primary N) is 1. The number of nitrogens with zero attached hydrogens (tertiary/aromatic N) is 4. The van der Waals surface area contributed by atoms with E-state index < -0.39 is 34.5 Å². The molecule has 0 unspecified atom stereocenters. The van der Waals surface area contributed by atoms with Gasteiger partial charge in [0.2, 0.25) is 0 Å². The second-order valence-electron chi connectivity index (χ2n) is 5.70. The highest BCUT2D eigenvalue weighted by Gasteiger charge is 2.59. The quantitative estimate of drug-likeness (QED) is 0.520. The number of hydrogen-bond acceptors (Lipinski definition) is 9. The lowest BCUT2D eigenvalue weighted by Crippen LogP contribution is -2.49. The molecule has 0 aliphatic carbocycles. The fourth-order valence-corrected chi connectivity index (χ4v) is 3.59. The zero-order chi connectivity index (χ0) is 18.4. The molecule has 0 saturated carbocycles. The van der Waals surface area contributed by atoms with E-state index in [1.54, 1.807) is 0 Å². The summed E-state index contributed by atoms with van der Waals surface area (Å²) in [4.78, 5) is 34.5. The van der Waals surface area contributed by atoms with Gasteiger partial charge in [0.1, 0.15) is 24.6 Å². The van der Waals surface area contributed by atoms with E-state index in [0.29, 0.717) is 11.2 Å². The van der Waals surface area contributed by atoms with Crippen molar-refractivity contribution >= 4 is 44.7 Å². The predicted octanol–water partition coefficient (Wildman–Crippen LogP) is -0.0474. The lowest BCUT2D eigenvalue weighted by atomic mass is 9.93. The number of esters is 1. The minimum absolute atomic E-state index is 0.124. The zero-order valence-electron chi connectivity index (χ0n) is 13.4. The Morgan fingerprint density at radius 3 is 2.80 bits per heavy atom. The summed E-state index contributed by atoms with van der Waals surface area (Å²) in [6, 6.07) is 0. The van der Waals surface area contributed by atoms with Gasteiger partial charge >= 0.3 is 5.97 Å². The van der Waals surface area contributed by atoms with Crippen LogP contribution in [0.15, 0.2) is 12.7 Å². The average Bonchev–Trinajstić information content (AvgIpc) is 3.08. The monoisotopic (exact) mass is 413 g/mol. The Kier molecular flexibility index (Phi) is 4.47. The first-order valence-corrected chi connectivity index (χ1v) is 8.27. The second-order valence-corrected chi connectivity index (χ2v) is 6.68. The number of aromatic nitrogens is 4. The maximum atomic E-state index is 12.2. The number of Topliss-reactive ketones (excluding diaryl/α,β-unsaturated/α-hetero) is 1. The number of carbonyl (C=O) groups is 2. The fourth-order valence-electron chi connectivity index (χ4n) is 2.77. The van der Waals surface area contributed by atoms with Crippen LogP contribution in [0.4, 0.5) is 5.82 Å². The van der Waals surface area contributed by atoms with Crippen LogP contribution in [-0.2, 0) is 19.1 Å². The molecule has 3 rings (SSSR count). The number of fused-ring (bicyclic) bond motifs is 1. The van der Waals surface area contributed by atoms with Crippen molar-refractivity contribution in [2.24, 2.45) is 0 Å². The number of carbonyl (C=O) groups excluding carboxylic acids is 2. The summed E-state index contributed by atoms with van der Waals surface area (Å²) in [5.41, 5.74) is 4.48. The van der Waals surface area contributed by atoms with Crippen molar-refractivity contribution in [3.05, 3.63) is 12.7 Å². The molecule has 1 aliphatic heterocycles. The second kappa shape index (κ2) is 6.32. The highest BCUT2D eigenvalue weighted by atomic mass is 79.9. The van der Waals surface area contributed by atoms with Crippen LogP contribution >= 0.6 is 15.9 Å². The van der Waals surface area contributed by atoms with Gasteiger partial charge in [-0.3, -0.25) is 14.2 Å². The van der Waals surface area contributed by atoms with Gasteiger partial charge in [-0.15, -0.1) is 0 Å². The first kappa shape index (κ1) is 17.7. The molecule has 0 radical (unpaired) electrons. The topological polar surface area (TPSA) is 142 Å². The fraction of sp³-hybridized carbons (Fsp3) is 0.500. The molecule has 3 heterocycles. The van der Waals surface area contributed by atoms with Gasteiger partial charge in [-0.1, -0.05) is 15.9 Å². The molecule has 0 aromatic carbocycles. The van der Waals surface area contributed by atoms with E-state index in [2.05, 4.69) is 30.9 Å². The van der Waals surface area contributed by atoms with Crippen LogP contribution in [0.1, 0.15) is 20.1 Å². The third kappa shape index (κ3) is 2.77. The van der Waals surface area contributed by atoms with Gasteiger partial charge in [-0.25, -0.2) is 15.0 Å². The van der Waals surface area contributed by atoms with Crippen LogP contribution in [0.2, 0.25) is 0 Å². The van der Waals surface area contributed by atoms with E-state index in [0.717, 1.165) is 0 Å². The third-order valence-corrected chi connectivity index (χ3v) is 5.37. The van der Waals surface area contributed by atoms with Gasteiger partial charge in [0, 0.05) is 6.92 Å². The first-order valence-electron chi connectivity index (χ1n) is 7.36. The molecule has 0 bridgehead atoms. The van der Waals surface area contributed by atoms with Gasteiger partial charge in [0.25, 0.3) is 0 Å². The molecular weight excluding hydrogens is 398 g/mol. The molecule has 2 aromatic rings. The average molecular weight is 414 g/mol. The number of anilines is 1. The maximum Gasteiger partial charge on any atom is 0.302 e. The Balaban J connectivity index is 2.04. The van der Waals surface area contributed by atoms with E-state index in [1.165, 1.54) is 31.1 Å². The van der Waals surface area contributed by atoms with Crippen LogP contribution in [0.5, 0.6) is 0 Å². The molecule has 1 fully saturated rings. The molecule has 11 heteroatoms. The Bertz CT molecular complexity index is 842. The van der Waals surface area contributed by atoms with Crippen molar-refractivity contribution in [2.75, 3.05) is 12.3 Å². The first-order chi connectivity index (χ1) is 11.8. The summed E-state index contributed by atoms with van der Waals surface area (Å²) in [7, 11) is 0. The van der Waals surface area contributed by atoms with Crippen LogP contribution in [0, 0.1) is 0 Å². The highest BCUT2D eigenvalue weighted by Crippen LogP contribution is 2.44. The number of nitrogen functional groups attached to an aromatic ring is 1. The summed E-state index contributed by atoms with van der Waals surface area (Å²) in [5, 5.41) is 11.0. The van der Waals surface area contributed by atoms with E-state index in [9.17, 15) is 14.7 Å². The van der Waals surface area contributed by atoms with E-state index in [1.807, 2.05) is 0 Å². The van der Waals surface area contributed by atoms with Gasteiger partial charge in [0.15, 0.2) is 29.1 Å². The summed E-state index contributed by atoms with van der Waals surface area (Å²) in [6.07, 6.45) is 0.732. The molecule has 0 amide bonds. The molecule has 2 aromatic heterocycles. The number of aliphatic hydroxyl groups is 1. The maximum absolute atomic E-state index is 12.2. The minimum atomic E-state index is -1.92. The van der Waals surface area contributed by atoms with Crippen molar-refractivity contribution in [2.45, 2.75) is 36.6 Å². The van der Waals surface area contributed by atoms with Crippen LogP contribution in [0.25, 0.3) is 11.2 Å². The Morgan fingerprint density at radius 1 is 1.44 bits per heavy atom. The summed E-state index contributed by atoms with van der Waals surface area (Å²) < 4.78 is 12.2. The van der Waals surface area contributed by atoms with E-state index >= 15 is 0 Å². The van der Waals surface area contributed by atoms with Crippen LogP contribution in [-0.4, -0.2) is 59.5 Å². The lowest BCUT2D eigenvalue weighted by molar-refractivity contribution is -0.152. The normalized spacial score (nSPS) is 29.0. The number of ketones is 1. The molecule has 10 nitrogen and oxygen atoms in total. The Labute approximate surface area is 150 Å². The van der Waals surface area contributed by atoms with Crippen molar-refractivity contribution < 1.29 is 24.2 Å². The van der Waals surface area contributed by atoms with Crippen molar-refractivity contribution in [1.82, 2.24) is 19.5 Å². The molecular formula is C14H16BrN5O5. The van der Waals surface area contributed by atoms with E-state index in [-0.39, 0.29) is 12.4 Å². The third-order valence-electron chi connectivity index (χ3n) is 4.08. The van der Waals surface area contributed by atoms with Gasteiger partial charge < -0.3 is 20.3 Å². The van der Waals surface area contributed by atoms with E-state index in [4.69, 9.17) is 15.2 Å². The van der Waals surface area contributed by atoms with Crippen LogP contribution < -0.4 is 5.73 Å². The highest BCUT2D eigenvalue weighted by molar-refractivity contribution is 9.09. The number of imidazole rings is 1. The molecule has 1 saturated heterocycles. The smallest absolute Gasteiger partial charge is 0.302 e. The molecule has 25 heavy (non-hydrogen) atoms. The SMILES string of the molecule is CC(=O)OC[C@H]1O[C@@H](n2cnc3c(N)ncnc32)[C@@](O)(C(C)=O)[C@H]1Br. The van der Waals surface area contributed by atoms with Gasteiger partial charge in [-0.2, -0.15) is 0 Å². The summed E-state index contributed by atoms with van der Waals surface area (Å²) in [6.45, 7) is 2.39. The zero-order valence-corrected chi connectivity index (χ0v) is 15.0.